The van der Waals surface area contributed by atoms with Crippen molar-refractivity contribution in [2.24, 2.45) is 5.92 Å². The lowest BCUT2D eigenvalue weighted by molar-refractivity contribution is -0.0514. The second-order valence-electron chi connectivity index (χ2n) is 6.08. The number of nitrogen functional groups attached to an aromatic ring is 1. The van der Waals surface area contributed by atoms with Gasteiger partial charge in [0, 0.05) is 5.92 Å². The third-order valence-electron chi connectivity index (χ3n) is 4.02. The molecule has 3 atom stereocenters. The van der Waals surface area contributed by atoms with Crippen molar-refractivity contribution in [1.82, 2.24) is 14.5 Å². The Balaban J connectivity index is 2.20. The third-order valence-corrected chi connectivity index (χ3v) is 4.97. The van der Waals surface area contributed by atoms with E-state index < -0.39 is 34.4 Å². The number of anilines is 1. The van der Waals surface area contributed by atoms with Gasteiger partial charge in [-0.25, -0.2) is 4.39 Å². The molecule has 4 N–H and O–H groups in total. The van der Waals surface area contributed by atoms with E-state index in [9.17, 15) is 19.1 Å². The van der Waals surface area contributed by atoms with E-state index in [-0.39, 0.29) is 29.3 Å². The molecule has 3 heterocycles. The summed E-state index contributed by atoms with van der Waals surface area (Å²) in [6.45, 7) is 2.50. The van der Waals surface area contributed by atoms with Gasteiger partial charge in [0.1, 0.15) is 16.6 Å². The van der Waals surface area contributed by atoms with Crippen LogP contribution in [0.2, 0.25) is 0 Å². The molecule has 0 radical (unpaired) electrons. The molecule has 0 bridgehead atoms. The number of halogens is 1. The van der Waals surface area contributed by atoms with E-state index in [0.717, 1.165) is 4.57 Å². The zero-order chi connectivity index (χ0) is 16.9. The Kier molecular flexibility index (Phi) is 3.77. The van der Waals surface area contributed by atoms with Crippen molar-refractivity contribution >= 4 is 27.6 Å². The maximum absolute atomic E-state index is 14.5. The van der Waals surface area contributed by atoms with Crippen LogP contribution in [0.4, 0.5) is 10.3 Å². The Morgan fingerprint density at radius 1 is 1.57 bits per heavy atom. The molecule has 8 nitrogen and oxygen atoms in total. The van der Waals surface area contributed by atoms with Gasteiger partial charge in [0.15, 0.2) is 5.65 Å². The number of hydrogen-bond donors (Lipinski definition) is 3. The van der Waals surface area contributed by atoms with Gasteiger partial charge in [0.2, 0.25) is 5.95 Å². The molecule has 3 rings (SSSR count). The summed E-state index contributed by atoms with van der Waals surface area (Å²) in [5.74, 6) is -0.806. The molecule has 1 fully saturated rings. The fraction of sp³-hybridized carbons (Fsp3) is 0.615. The minimum Gasteiger partial charge on any atom is -0.394 e. The summed E-state index contributed by atoms with van der Waals surface area (Å²) in [5, 5.41) is 9.31. The SMILES string of the molecule is CC(C)(F)C1CC(CO)OC1n1c(=O)sc2c(=O)[nH]c(N)nc21. The highest BCUT2D eigenvalue weighted by Gasteiger charge is 2.46. The van der Waals surface area contributed by atoms with Crippen LogP contribution in [0.5, 0.6) is 0 Å². The summed E-state index contributed by atoms with van der Waals surface area (Å²) in [5.41, 5.74) is 3.44. The Labute approximate surface area is 133 Å². The molecule has 1 aliphatic rings. The van der Waals surface area contributed by atoms with Crippen LogP contribution in [-0.4, -0.2) is 38.0 Å². The molecule has 10 heteroatoms. The molecule has 1 aliphatic heterocycles. The number of aliphatic hydroxyl groups excluding tert-OH is 1. The molecule has 0 aliphatic carbocycles. The molecule has 0 amide bonds. The molecule has 0 aromatic carbocycles. The first-order valence-electron chi connectivity index (χ1n) is 7.08. The van der Waals surface area contributed by atoms with Gasteiger partial charge in [-0.2, -0.15) is 4.98 Å². The van der Waals surface area contributed by atoms with Gasteiger partial charge in [-0.05, 0) is 20.3 Å². The first kappa shape index (κ1) is 16.1. The molecule has 2 aromatic rings. The lowest BCUT2D eigenvalue weighted by Crippen LogP contribution is -2.34. The number of nitrogens with one attached hydrogen (secondary N) is 1. The number of alkyl halides is 1. The summed E-state index contributed by atoms with van der Waals surface area (Å²) in [6.07, 6.45) is -1.28. The molecular formula is C13H17FN4O4S. The molecular weight excluding hydrogens is 327 g/mol. The zero-order valence-corrected chi connectivity index (χ0v) is 13.4. The Morgan fingerprint density at radius 2 is 2.26 bits per heavy atom. The lowest BCUT2D eigenvalue weighted by Gasteiger charge is -2.27. The van der Waals surface area contributed by atoms with Crippen LogP contribution in [-0.2, 0) is 4.74 Å². The van der Waals surface area contributed by atoms with Crippen LogP contribution >= 0.6 is 11.3 Å². The number of nitrogens with zero attached hydrogens (tertiary/aromatic N) is 2. The standard InChI is InChI=1S/C13H17FN4O4S/c1-13(2,14)6-3-5(4-19)22-10(6)18-8-7(23-12(18)21)9(20)17-11(15)16-8/h5-6,10,19H,3-4H2,1-2H3,(H3,15,16,17,20). The number of rotatable bonds is 3. The van der Waals surface area contributed by atoms with E-state index in [1.165, 1.54) is 13.8 Å². The molecule has 3 unspecified atom stereocenters. The average Bonchev–Trinajstić information content (AvgIpc) is 2.99. The van der Waals surface area contributed by atoms with E-state index in [1.807, 2.05) is 0 Å². The van der Waals surface area contributed by atoms with Crippen molar-refractivity contribution in [3.05, 3.63) is 20.0 Å². The zero-order valence-electron chi connectivity index (χ0n) is 12.6. The van der Waals surface area contributed by atoms with E-state index in [0.29, 0.717) is 11.3 Å². The predicted octanol–water partition coefficient (Wildman–Crippen LogP) is 0.373. The van der Waals surface area contributed by atoms with Gasteiger partial charge in [-0.15, -0.1) is 0 Å². The number of hydrogen-bond acceptors (Lipinski definition) is 7. The monoisotopic (exact) mass is 344 g/mol. The second-order valence-corrected chi connectivity index (χ2v) is 7.04. The van der Waals surface area contributed by atoms with E-state index in [2.05, 4.69) is 9.97 Å². The summed E-state index contributed by atoms with van der Waals surface area (Å²) in [6, 6.07) is 0. The summed E-state index contributed by atoms with van der Waals surface area (Å²) in [4.78, 5) is 30.1. The summed E-state index contributed by atoms with van der Waals surface area (Å²) in [7, 11) is 0. The molecule has 126 valence electrons. The maximum atomic E-state index is 14.5. The minimum atomic E-state index is -1.64. The van der Waals surface area contributed by atoms with Gasteiger partial charge >= 0.3 is 4.87 Å². The number of aromatic nitrogens is 3. The van der Waals surface area contributed by atoms with Crippen molar-refractivity contribution in [1.29, 1.82) is 0 Å². The van der Waals surface area contributed by atoms with Crippen LogP contribution in [0.25, 0.3) is 10.3 Å². The largest absolute Gasteiger partial charge is 0.394 e. The number of fused-ring (bicyclic) bond motifs is 1. The fourth-order valence-corrected chi connectivity index (χ4v) is 3.74. The Morgan fingerprint density at radius 3 is 2.87 bits per heavy atom. The number of H-pyrrole nitrogens is 1. The fourth-order valence-electron chi connectivity index (χ4n) is 2.89. The van der Waals surface area contributed by atoms with Crippen LogP contribution in [0, 0.1) is 5.92 Å². The smallest absolute Gasteiger partial charge is 0.311 e. The second kappa shape index (κ2) is 5.39. The Hall–Kier alpha value is -1.78. The van der Waals surface area contributed by atoms with Gasteiger partial charge < -0.3 is 15.6 Å². The number of ether oxygens (including phenoxy) is 1. The van der Waals surface area contributed by atoms with Gasteiger partial charge in [-0.1, -0.05) is 11.3 Å². The third kappa shape index (κ3) is 2.66. The van der Waals surface area contributed by atoms with Crippen molar-refractivity contribution in [3.8, 4) is 0 Å². The topological polar surface area (TPSA) is 123 Å². The highest BCUT2D eigenvalue weighted by atomic mass is 32.1. The predicted molar refractivity (Wildman–Crippen MR) is 83.2 cm³/mol. The first-order valence-corrected chi connectivity index (χ1v) is 7.90. The minimum absolute atomic E-state index is 0.0686. The molecule has 2 aromatic heterocycles. The number of thiazole rings is 1. The summed E-state index contributed by atoms with van der Waals surface area (Å²) < 4.78 is 21.5. The molecule has 1 saturated heterocycles. The lowest BCUT2D eigenvalue weighted by atomic mass is 9.88. The molecule has 0 saturated carbocycles. The number of aromatic amines is 1. The van der Waals surface area contributed by atoms with Crippen molar-refractivity contribution in [2.75, 3.05) is 12.3 Å². The van der Waals surface area contributed by atoms with Crippen molar-refractivity contribution in [2.45, 2.75) is 38.3 Å². The highest BCUT2D eigenvalue weighted by molar-refractivity contribution is 7.16. The van der Waals surface area contributed by atoms with Crippen LogP contribution < -0.4 is 16.2 Å². The highest BCUT2D eigenvalue weighted by Crippen LogP contribution is 2.43. The van der Waals surface area contributed by atoms with E-state index in [1.54, 1.807) is 0 Å². The van der Waals surface area contributed by atoms with E-state index >= 15 is 0 Å². The van der Waals surface area contributed by atoms with Gasteiger partial charge in [-0.3, -0.25) is 19.1 Å². The number of aliphatic hydroxyl groups is 1. The quantitative estimate of drug-likeness (QED) is 0.739. The van der Waals surface area contributed by atoms with Gasteiger partial charge in [0.25, 0.3) is 5.56 Å². The van der Waals surface area contributed by atoms with Crippen LogP contribution in [0.1, 0.15) is 26.5 Å². The molecule has 0 spiro atoms. The summed E-state index contributed by atoms with van der Waals surface area (Å²) >= 11 is 0.703. The average molecular weight is 344 g/mol. The maximum Gasteiger partial charge on any atom is 0.311 e. The van der Waals surface area contributed by atoms with Crippen molar-refractivity contribution < 1.29 is 14.2 Å². The number of nitrogens with two attached hydrogens (primary N) is 1. The Bertz CT molecular complexity index is 852. The van der Waals surface area contributed by atoms with Crippen LogP contribution in [0.3, 0.4) is 0 Å². The molecule has 23 heavy (non-hydrogen) atoms. The van der Waals surface area contributed by atoms with Crippen LogP contribution in [0.15, 0.2) is 9.59 Å². The normalized spacial score (nSPS) is 25.3. The van der Waals surface area contributed by atoms with Gasteiger partial charge in [0.05, 0.1) is 12.7 Å². The first-order chi connectivity index (χ1) is 10.7. The van der Waals surface area contributed by atoms with E-state index in [4.69, 9.17) is 10.5 Å². The van der Waals surface area contributed by atoms with Crippen molar-refractivity contribution in [3.63, 3.8) is 0 Å².